The van der Waals surface area contributed by atoms with Gasteiger partial charge in [-0.3, -0.25) is 4.79 Å². The van der Waals surface area contributed by atoms with E-state index in [1.165, 1.54) is 0 Å². The van der Waals surface area contributed by atoms with Crippen molar-refractivity contribution in [1.82, 2.24) is 0 Å². The molecule has 1 nitrogen and oxygen atoms in total. The van der Waals surface area contributed by atoms with Crippen molar-refractivity contribution in [3.63, 3.8) is 0 Å². The van der Waals surface area contributed by atoms with Gasteiger partial charge in [0.05, 0.1) is 5.25 Å². The van der Waals surface area contributed by atoms with Crippen LogP contribution in [0.4, 0.5) is 8.78 Å². The van der Waals surface area contributed by atoms with Crippen LogP contribution in [0.25, 0.3) is 0 Å². The molecule has 0 aromatic heterocycles. The summed E-state index contributed by atoms with van der Waals surface area (Å²) in [7, 11) is 0. The van der Waals surface area contributed by atoms with Crippen LogP contribution in [-0.2, 0) is 4.79 Å². The van der Waals surface area contributed by atoms with Crippen molar-refractivity contribution >= 4 is 29.3 Å². The summed E-state index contributed by atoms with van der Waals surface area (Å²) in [5.74, 6) is -0.282. The van der Waals surface area contributed by atoms with Crippen LogP contribution in [0.1, 0.15) is 39.0 Å². The SMILES string of the molecule is CCC1SCCSC1C(=O)CC1CCC(F)(F)C1. The topological polar surface area (TPSA) is 17.1 Å². The van der Waals surface area contributed by atoms with Gasteiger partial charge < -0.3 is 0 Å². The maximum absolute atomic E-state index is 13.1. The molecular formula is C13H20F2OS2. The Balaban J connectivity index is 1.87. The number of hydrogen-bond donors (Lipinski definition) is 0. The second kappa shape index (κ2) is 6.12. The minimum absolute atomic E-state index is 0.0330. The third kappa shape index (κ3) is 3.62. The highest BCUT2D eigenvalue weighted by molar-refractivity contribution is 8.07. The predicted octanol–water partition coefficient (Wildman–Crippen LogP) is 4.01. The molecule has 1 heterocycles. The maximum atomic E-state index is 13.1. The molecule has 5 heteroatoms. The van der Waals surface area contributed by atoms with E-state index in [0.717, 1.165) is 17.9 Å². The van der Waals surface area contributed by atoms with E-state index in [2.05, 4.69) is 6.92 Å². The van der Waals surface area contributed by atoms with E-state index in [1.807, 2.05) is 11.8 Å². The van der Waals surface area contributed by atoms with Gasteiger partial charge in [-0.2, -0.15) is 11.8 Å². The van der Waals surface area contributed by atoms with Gasteiger partial charge in [-0.15, -0.1) is 11.8 Å². The van der Waals surface area contributed by atoms with Crippen molar-refractivity contribution in [3.05, 3.63) is 0 Å². The second-order valence-electron chi connectivity index (χ2n) is 5.24. The highest BCUT2D eigenvalue weighted by Crippen LogP contribution is 2.42. The lowest BCUT2D eigenvalue weighted by Gasteiger charge is -2.29. The minimum atomic E-state index is -2.52. The third-order valence-electron chi connectivity index (χ3n) is 3.77. The van der Waals surface area contributed by atoms with Gasteiger partial charge in [-0.1, -0.05) is 6.92 Å². The van der Waals surface area contributed by atoms with E-state index in [4.69, 9.17) is 0 Å². The van der Waals surface area contributed by atoms with Crippen molar-refractivity contribution in [2.75, 3.05) is 11.5 Å². The van der Waals surface area contributed by atoms with E-state index in [1.54, 1.807) is 11.8 Å². The molecule has 3 atom stereocenters. The first-order valence-corrected chi connectivity index (χ1v) is 8.75. The van der Waals surface area contributed by atoms with Crippen molar-refractivity contribution in [3.8, 4) is 0 Å². The van der Waals surface area contributed by atoms with E-state index < -0.39 is 5.92 Å². The van der Waals surface area contributed by atoms with Crippen molar-refractivity contribution in [2.24, 2.45) is 5.92 Å². The third-order valence-corrected chi connectivity index (χ3v) is 7.06. The average Bonchev–Trinajstić information content (AvgIpc) is 2.68. The molecule has 18 heavy (non-hydrogen) atoms. The Morgan fingerprint density at radius 1 is 1.33 bits per heavy atom. The van der Waals surface area contributed by atoms with Gasteiger partial charge in [0, 0.05) is 36.0 Å². The summed E-state index contributed by atoms with van der Waals surface area (Å²) >= 11 is 3.60. The fourth-order valence-corrected chi connectivity index (χ4v) is 5.87. The summed E-state index contributed by atoms with van der Waals surface area (Å²) in [6, 6.07) is 0. The molecule has 104 valence electrons. The summed E-state index contributed by atoms with van der Waals surface area (Å²) in [6.07, 6.45) is 1.76. The summed E-state index contributed by atoms with van der Waals surface area (Å²) in [5, 5.41) is 0.432. The molecule has 1 saturated carbocycles. The number of thioether (sulfide) groups is 2. The molecule has 2 fully saturated rings. The van der Waals surface area contributed by atoms with E-state index in [9.17, 15) is 13.6 Å². The zero-order valence-electron chi connectivity index (χ0n) is 10.7. The Bertz CT molecular complexity index is 309. The van der Waals surface area contributed by atoms with E-state index in [0.29, 0.717) is 18.1 Å². The fourth-order valence-electron chi connectivity index (χ4n) is 2.82. The van der Waals surface area contributed by atoms with E-state index in [-0.39, 0.29) is 29.8 Å². The molecule has 0 amide bonds. The number of carbonyl (C=O) groups is 1. The van der Waals surface area contributed by atoms with Crippen LogP contribution in [-0.4, -0.2) is 33.7 Å². The van der Waals surface area contributed by atoms with Crippen LogP contribution < -0.4 is 0 Å². The van der Waals surface area contributed by atoms with Gasteiger partial charge in [0.2, 0.25) is 5.92 Å². The number of ketones is 1. The standard InChI is InChI=1S/C13H20F2OS2/c1-2-11-12(18-6-5-17-11)10(16)7-9-3-4-13(14,15)8-9/h9,11-12H,2-8H2,1H3. The Hall–Kier alpha value is 0.230. The lowest BCUT2D eigenvalue weighted by atomic mass is 9.97. The number of carbonyl (C=O) groups excluding carboxylic acids is 1. The van der Waals surface area contributed by atoms with Crippen LogP contribution in [0.2, 0.25) is 0 Å². The first-order chi connectivity index (χ1) is 8.52. The molecule has 1 aliphatic carbocycles. The summed E-state index contributed by atoms with van der Waals surface area (Å²) in [6.45, 7) is 2.10. The van der Waals surface area contributed by atoms with Crippen LogP contribution >= 0.6 is 23.5 Å². The van der Waals surface area contributed by atoms with Gasteiger partial charge in [-0.25, -0.2) is 8.78 Å². The molecule has 0 N–H and O–H groups in total. The Morgan fingerprint density at radius 2 is 2.06 bits per heavy atom. The molecule has 2 aliphatic rings. The molecule has 3 unspecified atom stereocenters. The smallest absolute Gasteiger partial charge is 0.248 e. The van der Waals surface area contributed by atoms with Crippen molar-refractivity contribution in [1.29, 1.82) is 0 Å². The maximum Gasteiger partial charge on any atom is 0.248 e. The van der Waals surface area contributed by atoms with Gasteiger partial charge in [0.25, 0.3) is 0 Å². The molecule has 0 spiro atoms. The number of Topliss-reactive ketones (excluding diaryl/α,β-unsaturated/α-hetero) is 1. The van der Waals surface area contributed by atoms with Gasteiger partial charge in [0.1, 0.15) is 5.78 Å². The molecule has 2 rings (SSSR count). The Kier molecular flexibility index (Phi) is 4.98. The second-order valence-corrected chi connectivity index (χ2v) is 7.84. The number of alkyl halides is 2. The highest BCUT2D eigenvalue weighted by Gasteiger charge is 2.41. The summed E-state index contributed by atoms with van der Waals surface area (Å²) in [4.78, 5) is 12.3. The zero-order chi connectivity index (χ0) is 13.2. The molecule has 1 saturated heterocycles. The predicted molar refractivity (Wildman–Crippen MR) is 74.7 cm³/mol. The monoisotopic (exact) mass is 294 g/mol. The largest absolute Gasteiger partial charge is 0.298 e. The van der Waals surface area contributed by atoms with Gasteiger partial charge in [0.15, 0.2) is 0 Å². The minimum Gasteiger partial charge on any atom is -0.298 e. The Labute approximate surface area is 116 Å². The summed E-state index contributed by atoms with van der Waals surface area (Å²) < 4.78 is 26.2. The molecular weight excluding hydrogens is 274 g/mol. The molecule has 0 radical (unpaired) electrons. The first kappa shape index (κ1) is 14.6. The number of rotatable bonds is 4. The fraction of sp³-hybridized carbons (Fsp3) is 0.923. The van der Waals surface area contributed by atoms with Crippen LogP contribution in [0.3, 0.4) is 0 Å². The lowest BCUT2D eigenvalue weighted by Crippen LogP contribution is -2.33. The van der Waals surface area contributed by atoms with Crippen molar-refractivity contribution < 1.29 is 13.6 Å². The van der Waals surface area contributed by atoms with E-state index >= 15 is 0 Å². The first-order valence-electron chi connectivity index (χ1n) is 6.65. The number of halogens is 2. The normalized spacial score (nSPS) is 35.6. The summed E-state index contributed by atoms with van der Waals surface area (Å²) in [5.41, 5.74) is 0. The molecule has 0 bridgehead atoms. The van der Waals surface area contributed by atoms with Crippen molar-refractivity contribution in [2.45, 2.75) is 55.5 Å². The molecule has 1 aliphatic heterocycles. The zero-order valence-corrected chi connectivity index (χ0v) is 12.3. The van der Waals surface area contributed by atoms with Crippen LogP contribution in [0, 0.1) is 5.92 Å². The van der Waals surface area contributed by atoms with Crippen LogP contribution in [0.15, 0.2) is 0 Å². The molecule has 0 aromatic carbocycles. The molecule has 0 aromatic rings. The van der Waals surface area contributed by atoms with Crippen LogP contribution in [0.5, 0.6) is 0 Å². The average molecular weight is 294 g/mol. The number of hydrogen-bond acceptors (Lipinski definition) is 3. The highest BCUT2D eigenvalue weighted by atomic mass is 32.2. The van der Waals surface area contributed by atoms with Gasteiger partial charge >= 0.3 is 0 Å². The Morgan fingerprint density at radius 3 is 2.67 bits per heavy atom. The lowest BCUT2D eigenvalue weighted by molar-refractivity contribution is -0.119. The quantitative estimate of drug-likeness (QED) is 0.780. The van der Waals surface area contributed by atoms with Gasteiger partial charge in [-0.05, 0) is 18.8 Å².